The maximum Gasteiger partial charge on any atom is 0.234 e. The normalized spacial score (nSPS) is 15.4. The van der Waals surface area contributed by atoms with E-state index in [1.54, 1.807) is 12.1 Å². The molecule has 1 amide bonds. The molecule has 0 aliphatic carbocycles. The lowest BCUT2D eigenvalue weighted by atomic mass is 10.1. The van der Waals surface area contributed by atoms with E-state index in [0.29, 0.717) is 23.2 Å². The average molecular weight is 493 g/mol. The van der Waals surface area contributed by atoms with Crippen LogP contribution in [0.5, 0.6) is 5.75 Å². The predicted octanol–water partition coefficient (Wildman–Crippen LogP) is 5.06. The van der Waals surface area contributed by atoms with Crippen LogP contribution in [-0.2, 0) is 22.7 Å². The monoisotopic (exact) mass is 492 g/mol. The van der Waals surface area contributed by atoms with Crippen LogP contribution in [-0.4, -0.2) is 39.1 Å². The van der Waals surface area contributed by atoms with E-state index in [4.69, 9.17) is 9.47 Å². The highest BCUT2D eigenvalue weighted by molar-refractivity contribution is 7.99. The van der Waals surface area contributed by atoms with Gasteiger partial charge in [-0.05, 0) is 42.5 Å². The number of nitrogens with one attached hydrogen (secondary N) is 1. The second-order valence-electron chi connectivity index (χ2n) is 8.26. The van der Waals surface area contributed by atoms with Crippen LogP contribution in [0.25, 0.3) is 10.8 Å². The number of anilines is 1. The smallest absolute Gasteiger partial charge is 0.234 e. The molecule has 35 heavy (non-hydrogen) atoms. The molecule has 0 spiro atoms. The minimum atomic E-state index is -0.400. The maximum absolute atomic E-state index is 13.4. The minimum Gasteiger partial charge on any atom is -0.485 e. The second kappa shape index (κ2) is 10.9. The molecule has 1 saturated heterocycles. The molecule has 5 rings (SSSR count). The van der Waals surface area contributed by atoms with Gasteiger partial charge in [0.05, 0.1) is 18.4 Å². The van der Waals surface area contributed by atoms with Crippen LogP contribution in [0.3, 0.4) is 0 Å². The number of carbonyl (C=O) groups excluding carboxylic acids is 1. The number of amides is 1. The Labute approximate surface area is 206 Å². The minimum absolute atomic E-state index is 0.0720. The van der Waals surface area contributed by atoms with Gasteiger partial charge in [0, 0.05) is 17.7 Å². The standard InChI is InChI=1S/C26H25FN4O3S/c27-19-8-4-9-20(14-19)28-25(32)17-35-26-30-29-24(31(26)15-21-10-5-13-33-21)16-34-23-12-3-7-18-6-1-2-11-22(18)23/h1-4,6-9,11-12,14,21H,5,10,13,15-17H2,(H,28,32). The average Bonchev–Trinajstić information content (AvgIpc) is 3.52. The summed E-state index contributed by atoms with van der Waals surface area (Å²) in [6.07, 6.45) is 2.06. The van der Waals surface area contributed by atoms with Crippen molar-refractivity contribution in [1.29, 1.82) is 0 Å². The van der Waals surface area contributed by atoms with E-state index >= 15 is 0 Å². The quantitative estimate of drug-likeness (QED) is 0.329. The summed E-state index contributed by atoms with van der Waals surface area (Å²) < 4.78 is 27.4. The molecule has 1 aliphatic heterocycles. The Morgan fingerprint density at radius 1 is 1.14 bits per heavy atom. The molecule has 1 aliphatic rings. The Morgan fingerprint density at radius 2 is 2.00 bits per heavy atom. The van der Waals surface area contributed by atoms with Crippen molar-refractivity contribution < 1.29 is 18.7 Å². The lowest BCUT2D eigenvalue weighted by Gasteiger charge is -2.15. The van der Waals surface area contributed by atoms with Gasteiger partial charge in [-0.25, -0.2) is 4.39 Å². The summed E-state index contributed by atoms with van der Waals surface area (Å²) in [6.45, 7) is 1.58. The lowest BCUT2D eigenvalue weighted by molar-refractivity contribution is -0.113. The van der Waals surface area contributed by atoms with Gasteiger partial charge in [0.15, 0.2) is 11.0 Å². The number of thioether (sulfide) groups is 1. The zero-order valence-electron chi connectivity index (χ0n) is 19.0. The summed E-state index contributed by atoms with van der Waals surface area (Å²) in [4.78, 5) is 12.4. The molecular weight excluding hydrogens is 467 g/mol. The third-order valence-corrected chi connectivity index (χ3v) is 6.72. The highest BCUT2D eigenvalue weighted by Gasteiger charge is 2.22. The molecule has 1 N–H and O–H groups in total. The molecule has 0 radical (unpaired) electrons. The van der Waals surface area contributed by atoms with Crippen molar-refractivity contribution in [2.24, 2.45) is 0 Å². The van der Waals surface area contributed by atoms with Gasteiger partial charge in [0.1, 0.15) is 18.2 Å². The molecule has 7 nitrogen and oxygen atoms in total. The maximum atomic E-state index is 13.4. The number of benzene rings is 3. The number of hydrogen-bond acceptors (Lipinski definition) is 6. The number of nitrogens with zero attached hydrogens (tertiary/aromatic N) is 3. The van der Waals surface area contributed by atoms with E-state index in [2.05, 4.69) is 15.5 Å². The molecule has 1 aromatic heterocycles. The van der Waals surface area contributed by atoms with Crippen molar-refractivity contribution >= 4 is 34.1 Å². The Bertz CT molecular complexity index is 1320. The van der Waals surface area contributed by atoms with Gasteiger partial charge in [-0.3, -0.25) is 4.79 Å². The number of carbonyl (C=O) groups is 1. The summed E-state index contributed by atoms with van der Waals surface area (Å²) >= 11 is 1.28. The van der Waals surface area contributed by atoms with Crippen LogP contribution < -0.4 is 10.1 Å². The van der Waals surface area contributed by atoms with Gasteiger partial charge in [-0.2, -0.15) is 0 Å². The summed E-state index contributed by atoms with van der Waals surface area (Å²) in [5, 5.41) is 14.1. The lowest BCUT2D eigenvalue weighted by Crippen LogP contribution is -2.19. The molecule has 4 aromatic rings. The van der Waals surface area contributed by atoms with Crippen LogP contribution >= 0.6 is 11.8 Å². The molecule has 3 aromatic carbocycles. The van der Waals surface area contributed by atoms with E-state index in [1.165, 1.54) is 23.9 Å². The fourth-order valence-corrected chi connectivity index (χ4v) is 4.83. The SMILES string of the molecule is O=C(CSc1nnc(COc2cccc3ccccc23)n1CC1CCCO1)Nc1cccc(F)c1. The van der Waals surface area contributed by atoms with Gasteiger partial charge in [0.2, 0.25) is 5.91 Å². The Kier molecular flexibility index (Phi) is 7.25. The Balaban J connectivity index is 1.29. The zero-order valence-corrected chi connectivity index (χ0v) is 19.8. The topological polar surface area (TPSA) is 78.3 Å². The molecule has 2 heterocycles. The number of halogens is 1. The molecule has 0 saturated carbocycles. The fourth-order valence-electron chi connectivity index (χ4n) is 4.07. The van der Waals surface area contributed by atoms with E-state index in [9.17, 15) is 9.18 Å². The second-order valence-corrected chi connectivity index (χ2v) is 9.20. The highest BCUT2D eigenvalue weighted by Crippen LogP contribution is 2.27. The van der Waals surface area contributed by atoms with Crippen LogP contribution in [0.2, 0.25) is 0 Å². The van der Waals surface area contributed by atoms with Gasteiger partial charge in [-0.15, -0.1) is 10.2 Å². The van der Waals surface area contributed by atoms with Crippen LogP contribution in [0.15, 0.2) is 71.9 Å². The van der Waals surface area contributed by atoms with Gasteiger partial charge < -0.3 is 19.4 Å². The van der Waals surface area contributed by atoms with Crippen molar-refractivity contribution in [3.8, 4) is 5.75 Å². The molecule has 9 heteroatoms. The molecule has 1 fully saturated rings. The first-order valence-corrected chi connectivity index (χ1v) is 12.5. The Morgan fingerprint density at radius 3 is 2.86 bits per heavy atom. The number of aromatic nitrogens is 3. The van der Waals surface area contributed by atoms with E-state index in [-0.39, 0.29) is 24.4 Å². The van der Waals surface area contributed by atoms with Crippen molar-refractivity contribution in [2.45, 2.75) is 37.3 Å². The fraction of sp³-hybridized carbons (Fsp3) is 0.269. The molecule has 1 atom stereocenters. The summed E-state index contributed by atoms with van der Waals surface area (Å²) in [5.41, 5.74) is 0.417. The third-order valence-electron chi connectivity index (χ3n) is 5.75. The van der Waals surface area contributed by atoms with E-state index in [0.717, 1.165) is 36.0 Å². The van der Waals surface area contributed by atoms with Crippen molar-refractivity contribution in [3.63, 3.8) is 0 Å². The number of fused-ring (bicyclic) bond motifs is 1. The van der Waals surface area contributed by atoms with E-state index in [1.807, 2.05) is 47.0 Å². The molecule has 1 unspecified atom stereocenters. The van der Waals surface area contributed by atoms with Crippen LogP contribution in [0.4, 0.5) is 10.1 Å². The zero-order chi connectivity index (χ0) is 24.0. The van der Waals surface area contributed by atoms with Crippen molar-refractivity contribution in [1.82, 2.24) is 14.8 Å². The van der Waals surface area contributed by atoms with Gasteiger partial charge >= 0.3 is 0 Å². The van der Waals surface area contributed by atoms with Crippen LogP contribution in [0, 0.1) is 5.82 Å². The third kappa shape index (κ3) is 5.80. The highest BCUT2D eigenvalue weighted by atomic mass is 32.2. The predicted molar refractivity (Wildman–Crippen MR) is 133 cm³/mol. The summed E-state index contributed by atoms with van der Waals surface area (Å²) in [7, 11) is 0. The van der Waals surface area contributed by atoms with E-state index < -0.39 is 5.82 Å². The Hall–Kier alpha value is -3.43. The molecule has 0 bridgehead atoms. The number of ether oxygens (including phenoxy) is 2. The van der Waals surface area contributed by atoms with Gasteiger partial charge in [-0.1, -0.05) is 54.2 Å². The molecule has 180 valence electrons. The van der Waals surface area contributed by atoms with Crippen molar-refractivity contribution in [3.05, 3.63) is 78.4 Å². The first-order chi connectivity index (χ1) is 17.2. The summed E-state index contributed by atoms with van der Waals surface area (Å²) in [5.74, 6) is 0.910. The first-order valence-electron chi connectivity index (χ1n) is 11.5. The largest absolute Gasteiger partial charge is 0.485 e. The number of rotatable bonds is 9. The first kappa shape index (κ1) is 23.3. The van der Waals surface area contributed by atoms with Crippen molar-refractivity contribution in [2.75, 3.05) is 17.7 Å². The summed E-state index contributed by atoms with van der Waals surface area (Å²) in [6, 6.07) is 19.8. The van der Waals surface area contributed by atoms with Crippen LogP contribution in [0.1, 0.15) is 18.7 Å². The van der Waals surface area contributed by atoms with Gasteiger partial charge in [0.25, 0.3) is 0 Å². The number of hydrogen-bond donors (Lipinski definition) is 1. The molecular formula is C26H25FN4O3S.